The molecule has 11 rings (SSSR count). The molecule has 0 N–H and O–H groups in total. The summed E-state index contributed by atoms with van der Waals surface area (Å²) in [6.45, 7) is 0. The van der Waals surface area contributed by atoms with Gasteiger partial charge in [0.2, 0.25) is 0 Å². The lowest BCUT2D eigenvalue weighted by atomic mass is 9.67. The van der Waals surface area contributed by atoms with Crippen LogP contribution in [-0.2, 0) is 5.41 Å². The average molecular weight is 741 g/mol. The van der Waals surface area contributed by atoms with Crippen LogP contribution in [0, 0.1) is 0 Å². The molecular weight excluding hydrogens is 697 g/mol. The highest BCUT2D eigenvalue weighted by Gasteiger charge is 2.43. The molecule has 0 saturated heterocycles. The van der Waals surface area contributed by atoms with Crippen LogP contribution in [0.3, 0.4) is 0 Å². The summed E-state index contributed by atoms with van der Waals surface area (Å²) in [6.07, 6.45) is 8.77. The Morgan fingerprint density at radius 2 is 0.810 bits per heavy atom. The van der Waals surface area contributed by atoms with Gasteiger partial charge in [-0.15, -0.1) is 0 Å². The molecule has 0 unspecified atom stereocenters. The van der Waals surface area contributed by atoms with Crippen LogP contribution in [0.4, 0.5) is 0 Å². The minimum atomic E-state index is 0.157. The van der Waals surface area contributed by atoms with Crippen LogP contribution in [0.5, 0.6) is 0 Å². The predicted octanol–water partition coefficient (Wildman–Crippen LogP) is 15.8. The maximum atomic E-state index is 2.53. The van der Waals surface area contributed by atoms with E-state index in [9.17, 15) is 0 Å². The van der Waals surface area contributed by atoms with E-state index < -0.39 is 0 Å². The monoisotopic (exact) mass is 740 g/mol. The van der Waals surface area contributed by atoms with Crippen molar-refractivity contribution in [3.63, 3.8) is 0 Å². The van der Waals surface area contributed by atoms with Gasteiger partial charge in [0, 0.05) is 5.41 Å². The van der Waals surface area contributed by atoms with E-state index in [-0.39, 0.29) is 5.41 Å². The normalized spacial score (nSPS) is 14.0. The van der Waals surface area contributed by atoms with Crippen LogP contribution >= 0.6 is 0 Å². The summed E-state index contributed by atoms with van der Waals surface area (Å²) in [7, 11) is 0. The summed E-state index contributed by atoms with van der Waals surface area (Å²) in [5.74, 6) is 0. The van der Waals surface area contributed by atoms with Crippen molar-refractivity contribution >= 4 is 33.2 Å². The average Bonchev–Trinajstić information content (AvgIpc) is 3.56. The van der Waals surface area contributed by atoms with Crippen LogP contribution in [0.2, 0.25) is 0 Å². The molecule has 1 spiro atoms. The zero-order valence-electron chi connectivity index (χ0n) is 32.7. The SMILES string of the molecule is C(=C(c1ccccc1)c1ccccc1)c1ccc(-c2c3ccccc3c(-c3ccc(-c4ccc5c(c4)C4(CCCCC4)c4ccccc4-5)cc3)c3ccccc23)cc1. The third kappa shape index (κ3) is 5.74. The Hall–Kier alpha value is -6.76. The molecule has 0 amide bonds. The molecule has 1 saturated carbocycles. The van der Waals surface area contributed by atoms with Gasteiger partial charge in [-0.3, -0.25) is 0 Å². The first-order valence-corrected chi connectivity index (χ1v) is 21.0. The Morgan fingerprint density at radius 3 is 1.38 bits per heavy atom. The van der Waals surface area contributed by atoms with E-state index in [1.807, 2.05) is 0 Å². The van der Waals surface area contributed by atoms with Gasteiger partial charge in [-0.2, -0.15) is 0 Å². The molecule has 0 nitrogen and oxygen atoms in total. The lowest BCUT2D eigenvalue weighted by molar-refractivity contribution is 0.353. The molecule has 0 heterocycles. The van der Waals surface area contributed by atoms with Crippen LogP contribution < -0.4 is 0 Å². The van der Waals surface area contributed by atoms with E-state index in [1.165, 1.54) is 120 Å². The van der Waals surface area contributed by atoms with Gasteiger partial charge < -0.3 is 0 Å². The molecule has 0 aromatic heterocycles. The van der Waals surface area contributed by atoms with Crippen molar-refractivity contribution in [1.82, 2.24) is 0 Å². The summed E-state index contributed by atoms with van der Waals surface area (Å²) >= 11 is 0. The maximum Gasteiger partial charge on any atom is 0.0215 e. The van der Waals surface area contributed by atoms with Crippen LogP contribution in [0.1, 0.15) is 59.9 Å². The largest absolute Gasteiger partial charge is 0.0622 e. The summed E-state index contributed by atoms with van der Waals surface area (Å²) in [4.78, 5) is 0. The summed E-state index contributed by atoms with van der Waals surface area (Å²) in [6, 6.07) is 74.3. The van der Waals surface area contributed by atoms with Gasteiger partial charge in [-0.1, -0.05) is 213 Å². The highest BCUT2D eigenvalue weighted by Crippen LogP contribution is 2.56. The number of rotatable bonds is 6. The molecule has 58 heavy (non-hydrogen) atoms. The van der Waals surface area contributed by atoms with Gasteiger partial charge in [0.15, 0.2) is 0 Å². The van der Waals surface area contributed by atoms with Crippen LogP contribution in [0.25, 0.3) is 77.7 Å². The van der Waals surface area contributed by atoms with Gasteiger partial charge in [-0.25, -0.2) is 0 Å². The molecule has 0 aliphatic heterocycles. The van der Waals surface area contributed by atoms with Gasteiger partial charge in [0.25, 0.3) is 0 Å². The summed E-state index contributed by atoms with van der Waals surface area (Å²) in [5.41, 5.74) is 18.6. The van der Waals surface area contributed by atoms with Crippen molar-refractivity contribution in [2.75, 3.05) is 0 Å². The van der Waals surface area contributed by atoms with Gasteiger partial charge in [-0.05, 0) is 124 Å². The van der Waals surface area contributed by atoms with E-state index in [0.717, 1.165) is 0 Å². The number of benzene rings is 9. The predicted molar refractivity (Wildman–Crippen MR) is 247 cm³/mol. The van der Waals surface area contributed by atoms with E-state index in [0.29, 0.717) is 0 Å². The number of hydrogen-bond donors (Lipinski definition) is 0. The fourth-order valence-electron chi connectivity index (χ4n) is 10.4. The minimum Gasteiger partial charge on any atom is -0.0622 e. The van der Waals surface area contributed by atoms with E-state index in [2.05, 4.69) is 206 Å². The molecule has 1 fully saturated rings. The first-order chi connectivity index (χ1) is 28.7. The highest BCUT2D eigenvalue weighted by molar-refractivity contribution is 6.21. The Labute approximate surface area is 341 Å². The lowest BCUT2D eigenvalue weighted by Gasteiger charge is -2.36. The van der Waals surface area contributed by atoms with Crippen molar-refractivity contribution < 1.29 is 0 Å². The minimum absolute atomic E-state index is 0.157. The zero-order chi connectivity index (χ0) is 38.5. The third-order valence-corrected chi connectivity index (χ3v) is 13.1. The third-order valence-electron chi connectivity index (χ3n) is 13.1. The molecule has 0 radical (unpaired) electrons. The standard InChI is InChI=1S/C58H44/c1-4-16-42(17-5-1)53(43-18-6-2-7-19-43)38-40-26-28-44(29-27-40)56-49-21-8-10-23-51(49)57(52-24-11-9-22-50(52)56)45-32-30-41(31-33-45)46-34-35-48-47-20-12-13-25-54(47)58(55(48)39-46)36-14-3-15-37-58/h1-2,4-13,16-35,38-39H,3,14-15,36-37H2. The second-order valence-electron chi connectivity index (χ2n) is 16.3. The Balaban J connectivity index is 0.983. The highest BCUT2D eigenvalue weighted by atomic mass is 14.5. The van der Waals surface area contributed by atoms with Crippen molar-refractivity contribution in [2.45, 2.75) is 37.5 Å². The fourth-order valence-corrected chi connectivity index (χ4v) is 10.4. The van der Waals surface area contributed by atoms with E-state index in [4.69, 9.17) is 0 Å². The first kappa shape index (κ1) is 34.5. The van der Waals surface area contributed by atoms with E-state index in [1.54, 1.807) is 11.1 Å². The molecule has 0 atom stereocenters. The zero-order valence-corrected chi connectivity index (χ0v) is 32.7. The first-order valence-electron chi connectivity index (χ1n) is 21.0. The molecule has 276 valence electrons. The summed E-state index contributed by atoms with van der Waals surface area (Å²) < 4.78 is 0. The quantitative estimate of drug-likeness (QED) is 0.118. The molecular formula is C58H44. The Kier molecular flexibility index (Phi) is 8.51. The van der Waals surface area contributed by atoms with Crippen molar-refractivity contribution in [2.24, 2.45) is 0 Å². The Morgan fingerprint density at radius 1 is 0.362 bits per heavy atom. The van der Waals surface area contributed by atoms with Crippen molar-refractivity contribution in [3.8, 4) is 44.5 Å². The van der Waals surface area contributed by atoms with Gasteiger partial charge in [0.1, 0.15) is 0 Å². The number of fused-ring (bicyclic) bond motifs is 7. The van der Waals surface area contributed by atoms with Crippen LogP contribution in [0.15, 0.2) is 200 Å². The molecule has 0 heteroatoms. The lowest BCUT2D eigenvalue weighted by Crippen LogP contribution is -2.28. The topological polar surface area (TPSA) is 0 Å². The summed E-state index contributed by atoms with van der Waals surface area (Å²) in [5, 5.41) is 5.10. The fraction of sp³-hybridized carbons (Fsp3) is 0.103. The molecule has 0 bridgehead atoms. The smallest absolute Gasteiger partial charge is 0.0215 e. The molecule has 2 aliphatic carbocycles. The van der Waals surface area contributed by atoms with Crippen LogP contribution in [-0.4, -0.2) is 0 Å². The molecule has 9 aromatic rings. The van der Waals surface area contributed by atoms with Gasteiger partial charge in [0.05, 0.1) is 0 Å². The number of hydrogen-bond acceptors (Lipinski definition) is 0. The van der Waals surface area contributed by atoms with E-state index >= 15 is 0 Å². The molecule has 9 aromatic carbocycles. The second kappa shape index (κ2) is 14.3. The maximum absolute atomic E-state index is 2.53. The second-order valence-corrected chi connectivity index (χ2v) is 16.3. The molecule has 2 aliphatic rings. The Bertz CT molecular complexity index is 2880. The van der Waals surface area contributed by atoms with Gasteiger partial charge >= 0.3 is 0 Å². The van der Waals surface area contributed by atoms with Crippen molar-refractivity contribution in [3.05, 3.63) is 228 Å². The van der Waals surface area contributed by atoms with Crippen molar-refractivity contribution in [1.29, 1.82) is 0 Å².